The number of ether oxygens (including phenoxy) is 1. The van der Waals surface area contributed by atoms with Crippen LogP contribution in [0.15, 0.2) is 36.4 Å². The summed E-state index contributed by atoms with van der Waals surface area (Å²) in [5.41, 5.74) is 0.794. The number of benzene rings is 2. The van der Waals surface area contributed by atoms with Gasteiger partial charge in [0, 0.05) is 17.2 Å². The smallest absolute Gasteiger partial charge is 0.269 e. The lowest BCUT2D eigenvalue weighted by molar-refractivity contribution is -0.384. The van der Waals surface area contributed by atoms with Crippen LogP contribution in [0.1, 0.15) is 5.56 Å². The van der Waals surface area contributed by atoms with Crippen molar-refractivity contribution in [2.75, 3.05) is 0 Å². The monoisotopic (exact) mass is 297 g/mol. The molecule has 2 aromatic carbocycles. The van der Waals surface area contributed by atoms with Crippen LogP contribution in [0.2, 0.25) is 10.0 Å². The fraction of sp³-hybridized carbons (Fsp3) is 0.0769. The van der Waals surface area contributed by atoms with E-state index in [1.807, 2.05) is 6.92 Å². The number of halogens is 2. The van der Waals surface area contributed by atoms with Crippen molar-refractivity contribution >= 4 is 28.9 Å². The van der Waals surface area contributed by atoms with Gasteiger partial charge >= 0.3 is 0 Å². The average molecular weight is 298 g/mol. The van der Waals surface area contributed by atoms with Gasteiger partial charge < -0.3 is 4.74 Å². The van der Waals surface area contributed by atoms with Gasteiger partial charge in [-0.25, -0.2) is 0 Å². The van der Waals surface area contributed by atoms with Gasteiger partial charge in [0.2, 0.25) is 0 Å². The van der Waals surface area contributed by atoms with Crippen molar-refractivity contribution in [1.29, 1.82) is 0 Å². The highest BCUT2D eigenvalue weighted by Gasteiger charge is 2.10. The summed E-state index contributed by atoms with van der Waals surface area (Å²) in [5.74, 6) is 0.956. The summed E-state index contributed by atoms with van der Waals surface area (Å²) in [6, 6.07) is 9.08. The van der Waals surface area contributed by atoms with E-state index >= 15 is 0 Å². The minimum Gasteiger partial charge on any atom is -0.456 e. The van der Waals surface area contributed by atoms with Crippen LogP contribution in [0.3, 0.4) is 0 Å². The van der Waals surface area contributed by atoms with Gasteiger partial charge in [0.1, 0.15) is 11.5 Å². The Morgan fingerprint density at radius 1 is 1.16 bits per heavy atom. The van der Waals surface area contributed by atoms with Gasteiger partial charge in [-0.1, -0.05) is 23.2 Å². The molecule has 4 nitrogen and oxygen atoms in total. The molecule has 0 aliphatic rings. The van der Waals surface area contributed by atoms with Gasteiger partial charge in [0.15, 0.2) is 0 Å². The highest BCUT2D eigenvalue weighted by atomic mass is 35.5. The molecule has 0 heterocycles. The molecule has 0 N–H and O–H groups in total. The lowest BCUT2D eigenvalue weighted by Crippen LogP contribution is -1.91. The lowest BCUT2D eigenvalue weighted by atomic mass is 10.2. The molecular formula is C13H9Cl2NO3. The largest absolute Gasteiger partial charge is 0.456 e. The van der Waals surface area contributed by atoms with Gasteiger partial charge in [-0.2, -0.15) is 0 Å². The van der Waals surface area contributed by atoms with Gasteiger partial charge in [-0.15, -0.1) is 0 Å². The van der Waals surface area contributed by atoms with Crippen LogP contribution in [0.5, 0.6) is 11.5 Å². The van der Waals surface area contributed by atoms with Crippen molar-refractivity contribution in [2.45, 2.75) is 6.92 Å². The molecule has 19 heavy (non-hydrogen) atoms. The zero-order valence-electron chi connectivity index (χ0n) is 9.89. The fourth-order valence-electron chi connectivity index (χ4n) is 1.57. The molecule has 0 fully saturated rings. The normalized spacial score (nSPS) is 10.3. The molecule has 0 atom stereocenters. The van der Waals surface area contributed by atoms with E-state index in [9.17, 15) is 10.1 Å². The molecule has 0 aromatic heterocycles. The van der Waals surface area contributed by atoms with Crippen LogP contribution in [0, 0.1) is 17.0 Å². The molecule has 0 bridgehead atoms. The summed E-state index contributed by atoms with van der Waals surface area (Å²) < 4.78 is 5.62. The maximum absolute atomic E-state index is 10.5. The highest BCUT2D eigenvalue weighted by molar-refractivity contribution is 6.35. The molecule has 0 saturated heterocycles. The van der Waals surface area contributed by atoms with Crippen molar-refractivity contribution in [1.82, 2.24) is 0 Å². The lowest BCUT2D eigenvalue weighted by Gasteiger charge is -2.10. The van der Waals surface area contributed by atoms with E-state index in [-0.39, 0.29) is 5.69 Å². The van der Waals surface area contributed by atoms with Crippen LogP contribution in [0.25, 0.3) is 0 Å². The zero-order valence-corrected chi connectivity index (χ0v) is 11.4. The molecule has 0 saturated carbocycles. The zero-order chi connectivity index (χ0) is 14.0. The molecule has 0 spiro atoms. The van der Waals surface area contributed by atoms with Gasteiger partial charge in [0.25, 0.3) is 5.69 Å². The number of non-ortho nitro benzene ring substituents is 1. The van der Waals surface area contributed by atoms with E-state index in [1.165, 1.54) is 24.3 Å². The predicted octanol–water partition coefficient (Wildman–Crippen LogP) is 5.00. The second kappa shape index (κ2) is 5.47. The number of aryl methyl sites for hydroxylation is 1. The summed E-state index contributed by atoms with van der Waals surface area (Å²) in [7, 11) is 0. The first kappa shape index (κ1) is 13.6. The minimum atomic E-state index is -0.468. The highest BCUT2D eigenvalue weighted by Crippen LogP contribution is 2.35. The van der Waals surface area contributed by atoms with Crippen molar-refractivity contribution in [3.05, 3.63) is 62.1 Å². The Morgan fingerprint density at radius 3 is 2.32 bits per heavy atom. The van der Waals surface area contributed by atoms with Crippen molar-refractivity contribution in [3.63, 3.8) is 0 Å². The molecule has 2 aromatic rings. The van der Waals surface area contributed by atoms with Gasteiger partial charge in [-0.3, -0.25) is 10.1 Å². The van der Waals surface area contributed by atoms with E-state index < -0.39 is 4.92 Å². The Morgan fingerprint density at radius 2 is 1.79 bits per heavy atom. The Kier molecular flexibility index (Phi) is 3.93. The van der Waals surface area contributed by atoms with Crippen LogP contribution in [0.4, 0.5) is 5.69 Å². The standard InChI is InChI=1S/C13H9Cl2NO3/c1-8-6-9(14)7-12(15)13(8)19-11-4-2-10(3-5-11)16(17)18/h2-7H,1H3. The third-order valence-electron chi connectivity index (χ3n) is 2.46. The molecule has 0 radical (unpaired) electrons. The van der Waals surface area contributed by atoms with Gasteiger partial charge in [-0.05, 0) is 36.8 Å². The predicted molar refractivity (Wildman–Crippen MR) is 74.4 cm³/mol. The molecular weight excluding hydrogens is 289 g/mol. The van der Waals surface area contributed by atoms with E-state index in [2.05, 4.69) is 0 Å². The Bertz CT molecular complexity index is 603. The quantitative estimate of drug-likeness (QED) is 0.591. The molecule has 2 rings (SSSR count). The van der Waals surface area contributed by atoms with Crippen molar-refractivity contribution < 1.29 is 9.66 Å². The van der Waals surface area contributed by atoms with E-state index in [0.717, 1.165) is 5.56 Å². The summed E-state index contributed by atoms with van der Waals surface area (Å²) in [4.78, 5) is 10.1. The summed E-state index contributed by atoms with van der Waals surface area (Å²) in [5, 5.41) is 11.5. The summed E-state index contributed by atoms with van der Waals surface area (Å²) >= 11 is 11.9. The Balaban J connectivity index is 2.29. The third-order valence-corrected chi connectivity index (χ3v) is 2.96. The number of hydrogen-bond donors (Lipinski definition) is 0. The topological polar surface area (TPSA) is 52.4 Å². The maximum Gasteiger partial charge on any atom is 0.269 e. The van der Waals surface area contributed by atoms with Gasteiger partial charge in [0.05, 0.1) is 9.95 Å². The van der Waals surface area contributed by atoms with Crippen LogP contribution < -0.4 is 4.74 Å². The summed E-state index contributed by atoms with van der Waals surface area (Å²) in [6.45, 7) is 1.82. The van der Waals surface area contributed by atoms with Crippen LogP contribution in [-0.2, 0) is 0 Å². The molecule has 0 unspecified atom stereocenters. The van der Waals surface area contributed by atoms with E-state index in [0.29, 0.717) is 21.5 Å². The first-order chi connectivity index (χ1) is 8.97. The molecule has 6 heteroatoms. The SMILES string of the molecule is Cc1cc(Cl)cc(Cl)c1Oc1ccc([N+](=O)[O-])cc1. The molecule has 98 valence electrons. The Labute approximate surface area is 119 Å². The van der Waals surface area contributed by atoms with E-state index in [4.69, 9.17) is 27.9 Å². The van der Waals surface area contributed by atoms with Crippen LogP contribution >= 0.6 is 23.2 Å². The van der Waals surface area contributed by atoms with Crippen molar-refractivity contribution in [3.8, 4) is 11.5 Å². The molecule has 0 amide bonds. The third kappa shape index (κ3) is 3.16. The summed E-state index contributed by atoms with van der Waals surface area (Å²) in [6.07, 6.45) is 0. The number of nitro groups is 1. The molecule has 0 aliphatic carbocycles. The number of hydrogen-bond acceptors (Lipinski definition) is 3. The number of nitro benzene ring substituents is 1. The minimum absolute atomic E-state index is 0.00581. The second-order valence-corrected chi connectivity index (χ2v) is 4.73. The number of rotatable bonds is 3. The Hall–Kier alpha value is -1.78. The van der Waals surface area contributed by atoms with E-state index in [1.54, 1.807) is 12.1 Å². The average Bonchev–Trinajstić information content (AvgIpc) is 2.34. The number of nitrogens with zero attached hydrogens (tertiary/aromatic N) is 1. The fourth-order valence-corrected chi connectivity index (χ4v) is 2.21. The van der Waals surface area contributed by atoms with Crippen molar-refractivity contribution in [2.24, 2.45) is 0 Å². The maximum atomic E-state index is 10.5. The second-order valence-electron chi connectivity index (χ2n) is 3.89. The first-order valence-corrected chi connectivity index (χ1v) is 6.11. The molecule has 0 aliphatic heterocycles. The van der Waals surface area contributed by atoms with Crippen LogP contribution in [-0.4, -0.2) is 4.92 Å². The first-order valence-electron chi connectivity index (χ1n) is 5.35.